The first-order valence-corrected chi connectivity index (χ1v) is 10.0. The molecule has 2 amide bonds. The molecular formula is C22H30N2O2. The van der Waals surface area contributed by atoms with Crippen molar-refractivity contribution in [3.05, 3.63) is 29.8 Å². The molecule has 1 aromatic carbocycles. The lowest BCUT2D eigenvalue weighted by atomic mass is 9.69. The van der Waals surface area contributed by atoms with Gasteiger partial charge >= 0.3 is 0 Å². The van der Waals surface area contributed by atoms with Crippen LogP contribution in [-0.2, 0) is 4.79 Å². The molecule has 4 nitrogen and oxygen atoms in total. The van der Waals surface area contributed by atoms with Gasteiger partial charge in [-0.05, 0) is 73.1 Å². The molecule has 1 aromatic rings. The van der Waals surface area contributed by atoms with Gasteiger partial charge in [-0.2, -0.15) is 0 Å². The van der Waals surface area contributed by atoms with Crippen molar-refractivity contribution in [3.8, 4) is 0 Å². The number of rotatable bonds is 3. The molecule has 2 aliphatic carbocycles. The lowest BCUT2D eigenvalue weighted by Gasteiger charge is -2.39. The highest BCUT2D eigenvalue weighted by Crippen LogP contribution is 2.65. The first kappa shape index (κ1) is 17.6. The van der Waals surface area contributed by atoms with Gasteiger partial charge in [-0.1, -0.05) is 20.8 Å². The van der Waals surface area contributed by atoms with E-state index < -0.39 is 0 Å². The number of hydrogen-bond donors (Lipinski definition) is 1. The maximum atomic E-state index is 12.8. The Bertz CT molecular complexity index is 724. The molecule has 4 rings (SSSR count). The summed E-state index contributed by atoms with van der Waals surface area (Å²) in [6.07, 6.45) is 6.23. The fourth-order valence-corrected chi connectivity index (χ4v) is 5.54. The van der Waals surface area contributed by atoms with E-state index >= 15 is 0 Å². The minimum Gasteiger partial charge on any atom is -0.349 e. The Balaban J connectivity index is 1.45. The molecule has 2 saturated carbocycles. The van der Waals surface area contributed by atoms with Crippen molar-refractivity contribution in [1.82, 2.24) is 5.32 Å². The average molecular weight is 354 g/mol. The predicted octanol–water partition coefficient (Wildman–Crippen LogP) is 4.15. The molecule has 2 bridgehead atoms. The van der Waals surface area contributed by atoms with Crippen molar-refractivity contribution in [2.75, 3.05) is 11.4 Å². The Morgan fingerprint density at radius 1 is 1.15 bits per heavy atom. The second kappa shape index (κ2) is 6.11. The zero-order valence-electron chi connectivity index (χ0n) is 16.2. The van der Waals surface area contributed by atoms with Crippen molar-refractivity contribution in [3.63, 3.8) is 0 Å². The number of carbonyl (C=O) groups is 2. The first-order valence-electron chi connectivity index (χ1n) is 10.0. The number of benzene rings is 1. The average Bonchev–Trinajstić information content (AvgIpc) is 2.96. The fraction of sp³-hybridized carbons (Fsp3) is 0.636. The highest BCUT2D eigenvalue weighted by atomic mass is 16.2. The quantitative estimate of drug-likeness (QED) is 0.886. The van der Waals surface area contributed by atoms with E-state index in [1.165, 1.54) is 12.8 Å². The van der Waals surface area contributed by atoms with Crippen LogP contribution in [0.25, 0.3) is 0 Å². The highest BCUT2D eigenvalue weighted by molar-refractivity contribution is 5.97. The summed E-state index contributed by atoms with van der Waals surface area (Å²) in [4.78, 5) is 26.7. The molecule has 3 aliphatic rings. The summed E-state index contributed by atoms with van der Waals surface area (Å²) in [6.45, 7) is 7.85. The molecule has 1 aliphatic heterocycles. The number of fused-ring (bicyclic) bond motifs is 2. The zero-order chi connectivity index (χ0) is 18.5. The predicted molar refractivity (Wildman–Crippen MR) is 103 cm³/mol. The largest absolute Gasteiger partial charge is 0.349 e. The van der Waals surface area contributed by atoms with Gasteiger partial charge in [0.1, 0.15) is 0 Å². The smallest absolute Gasteiger partial charge is 0.251 e. The van der Waals surface area contributed by atoms with Gasteiger partial charge in [0.15, 0.2) is 0 Å². The van der Waals surface area contributed by atoms with Crippen molar-refractivity contribution >= 4 is 17.5 Å². The van der Waals surface area contributed by atoms with E-state index in [0.29, 0.717) is 23.3 Å². The van der Waals surface area contributed by atoms with Crippen molar-refractivity contribution < 1.29 is 9.59 Å². The number of nitrogens with zero attached hydrogens (tertiary/aromatic N) is 1. The Hall–Kier alpha value is -1.84. The van der Waals surface area contributed by atoms with E-state index in [4.69, 9.17) is 0 Å². The van der Waals surface area contributed by atoms with Crippen LogP contribution in [0.4, 0.5) is 5.69 Å². The molecule has 26 heavy (non-hydrogen) atoms. The van der Waals surface area contributed by atoms with Crippen LogP contribution in [0.3, 0.4) is 0 Å². The maximum Gasteiger partial charge on any atom is 0.251 e. The van der Waals surface area contributed by atoms with Crippen LogP contribution in [-0.4, -0.2) is 24.4 Å². The second-order valence-corrected chi connectivity index (χ2v) is 9.19. The zero-order valence-corrected chi connectivity index (χ0v) is 16.2. The van der Waals surface area contributed by atoms with E-state index in [0.717, 1.165) is 31.5 Å². The van der Waals surface area contributed by atoms with Crippen LogP contribution in [0.1, 0.15) is 69.7 Å². The topological polar surface area (TPSA) is 49.4 Å². The molecule has 140 valence electrons. The summed E-state index contributed by atoms with van der Waals surface area (Å²) in [5, 5.41) is 3.31. The molecule has 1 saturated heterocycles. The number of nitrogens with one attached hydrogen (secondary N) is 1. The maximum absolute atomic E-state index is 12.8. The summed E-state index contributed by atoms with van der Waals surface area (Å²) >= 11 is 0. The minimum absolute atomic E-state index is 0.0103. The second-order valence-electron chi connectivity index (χ2n) is 9.19. The third-order valence-corrected chi connectivity index (χ3v) is 7.86. The normalized spacial score (nSPS) is 32.7. The van der Waals surface area contributed by atoms with Gasteiger partial charge < -0.3 is 10.2 Å². The van der Waals surface area contributed by atoms with E-state index in [2.05, 4.69) is 26.1 Å². The molecular weight excluding hydrogens is 324 g/mol. The molecule has 0 aromatic heterocycles. The van der Waals surface area contributed by atoms with Crippen molar-refractivity contribution in [2.24, 2.45) is 16.7 Å². The van der Waals surface area contributed by atoms with Crippen LogP contribution >= 0.6 is 0 Å². The minimum atomic E-state index is 0.0103. The van der Waals surface area contributed by atoms with Gasteiger partial charge in [-0.15, -0.1) is 0 Å². The molecule has 3 atom stereocenters. The van der Waals surface area contributed by atoms with E-state index in [1.807, 2.05) is 29.2 Å². The summed E-state index contributed by atoms with van der Waals surface area (Å²) in [7, 11) is 0. The summed E-state index contributed by atoms with van der Waals surface area (Å²) in [5.74, 6) is 0.909. The lowest BCUT2D eigenvalue weighted by Crippen LogP contribution is -2.46. The number of carbonyl (C=O) groups excluding carboxylic acids is 2. The Morgan fingerprint density at radius 2 is 1.88 bits per heavy atom. The molecule has 0 radical (unpaired) electrons. The molecule has 3 unspecified atom stereocenters. The van der Waals surface area contributed by atoms with Crippen LogP contribution in [0.5, 0.6) is 0 Å². The fourth-order valence-electron chi connectivity index (χ4n) is 5.54. The Labute approximate surface area is 156 Å². The standard InChI is InChI=1S/C22H30N2O2/c1-21(2)16-11-12-22(21,3)18(14-16)23-20(26)15-7-9-17(10-8-15)24-13-5-4-6-19(24)25/h7-10,16,18H,4-6,11-14H2,1-3H3,(H,23,26). The molecule has 1 heterocycles. The van der Waals surface area contributed by atoms with E-state index in [-0.39, 0.29) is 23.3 Å². The Kier molecular flexibility index (Phi) is 4.13. The highest BCUT2D eigenvalue weighted by Gasteiger charge is 2.61. The van der Waals surface area contributed by atoms with Crippen molar-refractivity contribution in [1.29, 1.82) is 0 Å². The summed E-state index contributed by atoms with van der Waals surface area (Å²) in [5.41, 5.74) is 2.07. The van der Waals surface area contributed by atoms with Gasteiger partial charge in [-0.25, -0.2) is 0 Å². The number of anilines is 1. The van der Waals surface area contributed by atoms with Crippen LogP contribution in [0.2, 0.25) is 0 Å². The molecule has 1 N–H and O–H groups in total. The third kappa shape index (κ3) is 2.57. The monoisotopic (exact) mass is 354 g/mol. The van der Waals surface area contributed by atoms with Gasteiger partial charge in [0.25, 0.3) is 5.91 Å². The van der Waals surface area contributed by atoms with E-state index in [1.54, 1.807) is 0 Å². The molecule has 3 fully saturated rings. The SMILES string of the molecule is CC1(C)C2CCC1(C)C(NC(=O)c1ccc(N3CCCCC3=O)cc1)C2. The first-order chi connectivity index (χ1) is 12.3. The number of piperidine rings is 1. The number of hydrogen-bond acceptors (Lipinski definition) is 2. The van der Waals surface area contributed by atoms with Crippen LogP contribution in [0, 0.1) is 16.7 Å². The van der Waals surface area contributed by atoms with Crippen molar-refractivity contribution in [2.45, 2.75) is 65.3 Å². The number of amides is 2. The van der Waals surface area contributed by atoms with Crippen LogP contribution < -0.4 is 10.2 Å². The van der Waals surface area contributed by atoms with Crippen LogP contribution in [0.15, 0.2) is 24.3 Å². The Morgan fingerprint density at radius 3 is 2.46 bits per heavy atom. The summed E-state index contributed by atoms with van der Waals surface area (Å²) < 4.78 is 0. The summed E-state index contributed by atoms with van der Waals surface area (Å²) in [6, 6.07) is 7.78. The molecule has 0 spiro atoms. The third-order valence-electron chi connectivity index (χ3n) is 7.86. The lowest BCUT2D eigenvalue weighted by molar-refractivity contribution is -0.119. The van der Waals surface area contributed by atoms with E-state index in [9.17, 15) is 9.59 Å². The van der Waals surface area contributed by atoms with Gasteiger partial charge in [0, 0.05) is 30.3 Å². The van der Waals surface area contributed by atoms with Gasteiger partial charge in [0.05, 0.1) is 0 Å². The van der Waals surface area contributed by atoms with Gasteiger partial charge in [0.2, 0.25) is 5.91 Å². The van der Waals surface area contributed by atoms with Gasteiger partial charge in [-0.3, -0.25) is 9.59 Å². The molecule has 4 heteroatoms.